The molecule has 7 nitrogen and oxygen atoms in total. The second-order valence-electron chi connectivity index (χ2n) is 6.04. The zero-order chi connectivity index (χ0) is 21.9. The molecule has 0 bridgehead atoms. The van der Waals surface area contributed by atoms with E-state index in [0.29, 0.717) is 11.3 Å². The van der Waals surface area contributed by atoms with Crippen LogP contribution in [0, 0.1) is 10.1 Å². The standard InChI is InChI=1S/C20H15F3N2O5/c1-2-29-19(26)15-11-16(12-7-9-13(10-8-12)30-20(21,22)23)24-18(15)14-5-3-4-6-17(14)25(27)28/h3-11,24H,2H2,1H3. The van der Waals surface area contributed by atoms with Crippen LogP contribution >= 0.6 is 0 Å². The molecule has 0 atom stereocenters. The Kier molecular flexibility index (Phi) is 5.77. The fourth-order valence-electron chi connectivity index (χ4n) is 2.87. The smallest absolute Gasteiger partial charge is 0.462 e. The number of para-hydroxylation sites is 1. The van der Waals surface area contributed by atoms with Crippen molar-refractivity contribution >= 4 is 11.7 Å². The number of benzene rings is 2. The molecule has 0 aliphatic carbocycles. The molecule has 0 saturated carbocycles. The second-order valence-corrected chi connectivity index (χ2v) is 6.04. The predicted molar refractivity (Wildman–Crippen MR) is 101 cm³/mol. The van der Waals surface area contributed by atoms with Crippen molar-refractivity contribution in [3.8, 4) is 28.3 Å². The van der Waals surface area contributed by atoms with E-state index in [1.54, 1.807) is 13.0 Å². The van der Waals surface area contributed by atoms with Crippen molar-refractivity contribution in [2.75, 3.05) is 6.61 Å². The topological polar surface area (TPSA) is 94.5 Å². The fourth-order valence-corrected chi connectivity index (χ4v) is 2.87. The third-order valence-electron chi connectivity index (χ3n) is 4.08. The number of nitrogens with zero attached hydrogens (tertiary/aromatic N) is 1. The van der Waals surface area contributed by atoms with Crippen LogP contribution in [0.4, 0.5) is 18.9 Å². The number of H-pyrrole nitrogens is 1. The van der Waals surface area contributed by atoms with Gasteiger partial charge in [0.1, 0.15) is 5.75 Å². The average molecular weight is 420 g/mol. The van der Waals surface area contributed by atoms with Gasteiger partial charge in [0.2, 0.25) is 0 Å². The number of ether oxygens (including phenoxy) is 2. The normalized spacial score (nSPS) is 11.2. The summed E-state index contributed by atoms with van der Waals surface area (Å²) in [6.07, 6.45) is -4.82. The van der Waals surface area contributed by atoms with Crippen LogP contribution in [0.3, 0.4) is 0 Å². The second kappa shape index (κ2) is 8.27. The van der Waals surface area contributed by atoms with Gasteiger partial charge in [-0.2, -0.15) is 0 Å². The zero-order valence-electron chi connectivity index (χ0n) is 15.5. The molecule has 2 aromatic carbocycles. The first-order valence-electron chi connectivity index (χ1n) is 8.69. The molecule has 1 heterocycles. The summed E-state index contributed by atoms with van der Waals surface area (Å²) < 4.78 is 45.9. The molecule has 0 radical (unpaired) electrons. The lowest BCUT2D eigenvalue weighted by Crippen LogP contribution is -2.16. The number of esters is 1. The molecule has 0 saturated heterocycles. The Morgan fingerprint density at radius 1 is 1.13 bits per heavy atom. The number of alkyl halides is 3. The minimum Gasteiger partial charge on any atom is -0.462 e. The van der Waals surface area contributed by atoms with E-state index >= 15 is 0 Å². The minimum atomic E-state index is -4.82. The van der Waals surface area contributed by atoms with E-state index < -0.39 is 23.0 Å². The van der Waals surface area contributed by atoms with Gasteiger partial charge < -0.3 is 14.5 Å². The van der Waals surface area contributed by atoms with Gasteiger partial charge in [0, 0.05) is 11.8 Å². The van der Waals surface area contributed by atoms with Gasteiger partial charge >= 0.3 is 12.3 Å². The molecule has 1 aromatic heterocycles. The quantitative estimate of drug-likeness (QED) is 0.330. The third kappa shape index (κ3) is 4.59. The van der Waals surface area contributed by atoms with Crippen LogP contribution in [0.15, 0.2) is 54.6 Å². The van der Waals surface area contributed by atoms with Gasteiger partial charge in [0.15, 0.2) is 0 Å². The SMILES string of the molecule is CCOC(=O)c1cc(-c2ccc(OC(F)(F)F)cc2)[nH]c1-c1ccccc1[N+](=O)[O-]. The van der Waals surface area contributed by atoms with Crippen LogP contribution in [-0.4, -0.2) is 28.8 Å². The molecule has 3 aromatic rings. The molecule has 3 rings (SSSR count). The fraction of sp³-hybridized carbons (Fsp3) is 0.150. The Morgan fingerprint density at radius 2 is 1.80 bits per heavy atom. The summed E-state index contributed by atoms with van der Waals surface area (Å²) in [5.41, 5.74) is 1.01. The third-order valence-corrected chi connectivity index (χ3v) is 4.08. The van der Waals surface area contributed by atoms with Crippen molar-refractivity contribution in [1.82, 2.24) is 4.98 Å². The lowest BCUT2D eigenvalue weighted by molar-refractivity contribution is -0.384. The van der Waals surface area contributed by atoms with Crippen LogP contribution in [0.1, 0.15) is 17.3 Å². The van der Waals surface area contributed by atoms with Gasteiger partial charge in [-0.15, -0.1) is 13.2 Å². The van der Waals surface area contributed by atoms with Gasteiger partial charge in [-0.05, 0) is 48.9 Å². The van der Waals surface area contributed by atoms with Gasteiger partial charge in [-0.3, -0.25) is 10.1 Å². The van der Waals surface area contributed by atoms with E-state index in [1.165, 1.54) is 36.4 Å². The summed E-state index contributed by atoms with van der Waals surface area (Å²) in [6.45, 7) is 1.72. The van der Waals surface area contributed by atoms with Gasteiger partial charge in [0.05, 0.1) is 28.4 Å². The number of hydrogen-bond acceptors (Lipinski definition) is 5. The summed E-state index contributed by atoms with van der Waals surface area (Å²) in [5.74, 6) is -1.09. The molecule has 10 heteroatoms. The largest absolute Gasteiger partial charge is 0.573 e. The maximum absolute atomic E-state index is 12.4. The van der Waals surface area contributed by atoms with Crippen LogP contribution < -0.4 is 4.74 Å². The zero-order valence-corrected chi connectivity index (χ0v) is 15.5. The molecule has 0 spiro atoms. The molecule has 0 unspecified atom stereocenters. The number of aromatic amines is 1. The Morgan fingerprint density at radius 3 is 2.40 bits per heavy atom. The van der Waals surface area contributed by atoms with Gasteiger partial charge in [-0.25, -0.2) is 4.79 Å². The van der Waals surface area contributed by atoms with E-state index in [2.05, 4.69) is 9.72 Å². The highest BCUT2D eigenvalue weighted by molar-refractivity contribution is 5.99. The maximum atomic E-state index is 12.4. The number of carbonyl (C=O) groups excluding carboxylic acids is 1. The molecule has 0 aliphatic heterocycles. The van der Waals surface area contributed by atoms with Crippen molar-refractivity contribution in [2.45, 2.75) is 13.3 Å². The lowest BCUT2D eigenvalue weighted by Gasteiger charge is -2.08. The number of halogens is 3. The number of aromatic nitrogens is 1. The molecule has 0 fully saturated rings. The summed E-state index contributed by atoms with van der Waals surface area (Å²) in [5, 5.41) is 11.4. The summed E-state index contributed by atoms with van der Waals surface area (Å²) in [4.78, 5) is 26.2. The first-order chi connectivity index (χ1) is 14.2. The molecular weight excluding hydrogens is 405 g/mol. The number of carbonyl (C=O) groups is 1. The average Bonchev–Trinajstić information content (AvgIpc) is 3.13. The minimum absolute atomic E-state index is 0.0665. The maximum Gasteiger partial charge on any atom is 0.573 e. The highest BCUT2D eigenvalue weighted by Crippen LogP contribution is 2.35. The van der Waals surface area contributed by atoms with Crippen molar-refractivity contribution in [3.63, 3.8) is 0 Å². The number of hydrogen-bond donors (Lipinski definition) is 1. The van der Waals surface area contributed by atoms with Crippen LogP contribution in [0.5, 0.6) is 5.75 Å². The van der Waals surface area contributed by atoms with Crippen molar-refractivity contribution < 1.29 is 32.4 Å². The lowest BCUT2D eigenvalue weighted by atomic mass is 10.1. The van der Waals surface area contributed by atoms with Crippen LogP contribution in [0.25, 0.3) is 22.5 Å². The van der Waals surface area contributed by atoms with Crippen LogP contribution in [-0.2, 0) is 4.74 Å². The van der Waals surface area contributed by atoms with Crippen molar-refractivity contribution in [1.29, 1.82) is 0 Å². The highest BCUT2D eigenvalue weighted by Gasteiger charge is 2.31. The summed E-state index contributed by atoms with van der Waals surface area (Å²) in [6, 6.07) is 12.3. The summed E-state index contributed by atoms with van der Waals surface area (Å²) >= 11 is 0. The van der Waals surface area contributed by atoms with Crippen LogP contribution in [0.2, 0.25) is 0 Å². The van der Waals surface area contributed by atoms with Gasteiger partial charge in [-0.1, -0.05) is 12.1 Å². The Hall–Kier alpha value is -3.82. The molecule has 1 N–H and O–H groups in total. The van der Waals surface area contributed by atoms with E-state index in [1.807, 2.05) is 0 Å². The Bertz CT molecular complexity index is 1070. The highest BCUT2D eigenvalue weighted by atomic mass is 19.4. The molecular formula is C20H15F3N2O5. The molecule has 0 amide bonds. The first-order valence-corrected chi connectivity index (χ1v) is 8.69. The monoisotopic (exact) mass is 420 g/mol. The Labute approximate surface area is 168 Å². The predicted octanol–water partition coefficient (Wildman–Crippen LogP) is 5.33. The number of nitrogens with one attached hydrogen (secondary N) is 1. The van der Waals surface area contributed by atoms with Gasteiger partial charge in [0.25, 0.3) is 5.69 Å². The van der Waals surface area contributed by atoms with Crippen molar-refractivity contribution in [3.05, 3.63) is 70.3 Å². The number of nitro benzene ring substituents is 1. The Balaban J connectivity index is 2.07. The number of nitro groups is 1. The first kappa shape index (κ1) is 20.9. The van der Waals surface area contributed by atoms with E-state index in [0.717, 1.165) is 12.1 Å². The van der Waals surface area contributed by atoms with E-state index in [4.69, 9.17) is 4.74 Å². The molecule has 0 aliphatic rings. The van der Waals surface area contributed by atoms with Crippen molar-refractivity contribution in [2.24, 2.45) is 0 Å². The summed E-state index contributed by atoms with van der Waals surface area (Å²) in [7, 11) is 0. The number of rotatable bonds is 6. The molecule has 156 valence electrons. The van der Waals surface area contributed by atoms with E-state index in [-0.39, 0.29) is 29.1 Å². The van der Waals surface area contributed by atoms with E-state index in [9.17, 15) is 28.1 Å². The molecule has 30 heavy (non-hydrogen) atoms.